The van der Waals surface area contributed by atoms with Crippen molar-refractivity contribution in [2.45, 2.75) is 31.5 Å². The Labute approximate surface area is 164 Å². The molecule has 2 aromatic rings. The Morgan fingerprint density at radius 1 is 1.25 bits per heavy atom. The predicted octanol–water partition coefficient (Wildman–Crippen LogP) is 1.40. The lowest BCUT2D eigenvalue weighted by Crippen LogP contribution is -2.48. The number of urea groups is 1. The van der Waals surface area contributed by atoms with Crippen LogP contribution in [0, 0.1) is 6.42 Å². The van der Waals surface area contributed by atoms with Gasteiger partial charge in [-0.3, -0.25) is 9.69 Å². The van der Waals surface area contributed by atoms with Crippen molar-refractivity contribution in [3.63, 3.8) is 0 Å². The Morgan fingerprint density at radius 3 is 2.64 bits per heavy atom. The highest BCUT2D eigenvalue weighted by Crippen LogP contribution is 2.34. The highest BCUT2D eigenvalue weighted by atomic mass is 16.2. The van der Waals surface area contributed by atoms with E-state index >= 15 is 0 Å². The normalized spacial score (nSPS) is 22.0. The third kappa shape index (κ3) is 3.13. The molecule has 147 valence electrons. The van der Waals surface area contributed by atoms with Crippen LogP contribution >= 0.6 is 0 Å². The molecule has 8 heteroatoms. The summed E-state index contributed by atoms with van der Waals surface area (Å²) < 4.78 is 2.01. The van der Waals surface area contributed by atoms with Crippen molar-refractivity contribution >= 4 is 17.6 Å². The average molecular weight is 381 g/mol. The molecule has 1 aromatic carbocycles. The van der Waals surface area contributed by atoms with Crippen molar-refractivity contribution in [1.82, 2.24) is 19.4 Å². The molecule has 0 aliphatic carbocycles. The van der Waals surface area contributed by atoms with E-state index in [4.69, 9.17) is 5.73 Å². The van der Waals surface area contributed by atoms with E-state index in [2.05, 4.69) is 9.88 Å². The quantitative estimate of drug-likeness (QED) is 0.848. The fraction of sp³-hybridized carbons (Fsp3) is 0.400. The van der Waals surface area contributed by atoms with Crippen LogP contribution in [-0.2, 0) is 11.3 Å². The Bertz CT molecular complexity index is 875. The molecule has 2 aliphatic rings. The van der Waals surface area contributed by atoms with Gasteiger partial charge in [-0.15, -0.1) is 0 Å². The lowest BCUT2D eigenvalue weighted by atomic mass is 9.97. The number of amides is 3. The molecule has 2 saturated heterocycles. The largest absolute Gasteiger partial charge is 0.368 e. The van der Waals surface area contributed by atoms with Gasteiger partial charge in [-0.1, -0.05) is 0 Å². The van der Waals surface area contributed by atoms with Crippen molar-refractivity contribution in [2.24, 2.45) is 5.73 Å². The number of anilines is 1. The maximum atomic E-state index is 12.9. The predicted molar refractivity (Wildman–Crippen MR) is 106 cm³/mol. The Balaban J connectivity index is 1.64. The van der Waals surface area contributed by atoms with Gasteiger partial charge in [-0.05, 0) is 57.6 Å². The van der Waals surface area contributed by atoms with E-state index in [0.717, 1.165) is 30.9 Å². The lowest BCUT2D eigenvalue weighted by molar-refractivity contribution is -0.119. The number of hydrogen-bond acceptors (Lipinski definition) is 4. The number of hydrogen-bond donors (Lipinski definition) is 1. The van der Waals surface area contributed by atoms with Gasteiger partial charge in [0.05, 0.1) is 12.6 Å². The first kappa shape index (κ1) is 18.5. The number of piperidine rings is 1. The maximum Gasteiger partial charge on any atom is 0.325 e. The van der Waals surface area contributed by atoms with Gasteiger partial charge in [0.15, 0.2) is 0 Å². The van der Waals surface area contributed by atoms with E-state index in [-0.39, 0.29) is 12.1 Å². The summed E-state index contributed by atoms with van der Waals surface area (Å²) in [4.78, 5) is 34.9. The molecule has 0 spiro atoms. The summed E-state index contributed by atoms with van der Waals surface area (Å²) >= 11 is 0. The van der Waals surface area contributed by atoms with Crippen LogP contribution in [0.25, 0.3) is 5.69 Å². The van der Waals surface area contributed by atoms with Gasteiger partial charge < -0.3 is 20.1 Å². The van der Waals surface area contributed by atoms with E-state index < -0.39 is 11.9 Å². The summed E-state index contributed by atoms with van der Waals surface area (Å²) in [5, 5.41) is 0. The second-order valence-corrected chi connectivity index (χ2v) is 7.53. The Morgan fingerprint density at radius 2 is 1.96 bits per heavy atom. The van der Waals surface area contributed by atoms with Crippen LogP contribution in [0.4, 0.5) is 10.5 Å². The van der Waals surface area contributed by atoms with Gasteiger partial charge in [0.25, 0.3) is 0 Å². The number of imidazole rings is 1. The second-order valence-electron chi connectivity index (χ2n) is 7.53. The molecule has 2 atom stereocenters. The number of nitrogens with zero attached hydrogens (tertiary/aromatic N) is 5. The van der Waals surface area contributed by atoms with Gasteiger partial charge in [0.1, 0.15) is 11.9 Å². The van der Waals surface area contributed by atoms with E-state index in [0.29, 0.717) is 12.2 Å². The maximum absolute atomic E-state index is 12.9. The molecule has 3 heterocycles. The van der Waals surface area contributed by atoms with Crippen molar-refractivity contribution in [3.05, 3.63) is 48.9 Å². The number of fused-ring (bicyclic) bond motifs is 1. The van der Waals surface area contributed by atoms with Crippen LogP contribution in [0.3, 0.4) is 0 Å². The first-order valence-corrected chi connectivity index (χ1v) is 9.47. The summed E-state index contributed by atoms with van der Waals surface area (Å²) in [6.07, 6.45) is 7.52. The second kappa shape index (κ2) is 7.27. The Hall–Kier alpha value is -2.87. The van der Waals surface area contributed by atoms with Gasteiger partial charge in [-0.25, -0.2) is 9.78 Å². The molecule has 1 aromatic heterocycles. The minimum Gasteiger partial charge on any atom is -0.368 e. The third-order valence-corrected chi connectivity index (χ3v) is 5.30. The van der Waals surface area contributed by atoms with Crippen LogP contribution < -0.4 is 10.6 Å². The number of primary amides is 1. The van der Waals surface area contributed by atoms with E-state index in [1.165, 1.54) is 4.90 Å². The zero-order valence-corrected chi connectivity index (χ0v) is 16.2. The number of carbonyl (C=O) groups excluding carboxylic acids is 2. The number of carbonyl (C=O) groups is 2. The van der Waals surface area contributed by atoms with E-state index in [1.54, 1.807) is 11.1 Å². The van der Waals surface area contributed by atoms with Crippen molar-refractivity contribution in [3.8, 4) is 5.69 Å². The van der Waals surface area contributed by atoms with Crippen LogP contribution in [0.5, 0.6) is 0 Å². The van der Waals surface area contributed by atoms with Crippen molar-refractivity contribution in [2.75, 3.05) is 25.5 Å². The van der Waals surface area contributed by atoms with Crippen LogP contribution in [0.15, 0.2) is 36.7 Å². The number of benzene rings is 1. The van der Waals surface area contributed by atoms with Crippen molar-refractivity contribution < 1.29 is 9.59 Å². The minimum absolute atomic E-state index is 0.159. The molecule has 0 saturated carbocycles. The molecular weight excluding hydrogens is 356 g/mol. The molecule has 8 nitrogen and oxygen atoms in total. The molecule has 2 N–H and O–H groups in total. The zero-order valence-electron chi connectivity index (χ0n) is 16.2. The zero-order chi connectivity index (χ0) is 19.8. The molecule has 3 amide bonds. The molecule has 4 rings (SSSR count). The molecular formula is C20H25N6O2. The first-order valence-electron chi connectivity index (χ1n) is 9.47. The van der Waals surface area contributed by atoms with E-state index in [9.17, 15) is 9.59 Å². The van der Waals surface area contributed by atoms with Gasteiger partial charge in [0, 0.05) is 30.3 Å². The highest BCUT2D eigenvalue weighted by Gasteiger charge is 2.49. The standard InChI is InChI=1S/C20H25N6O2/c1-23(2)13-17-22-10-12-24(17)14-6-8-15(9-7-14)26-18(19(21)27)16-5-3-4-11-25(16)20(26)28/h5-10,12,16,18H,3-4,11,13H2,1-2H3,(H2,21,27)/t16-,18?/m1/s1. The van der Waals surface area contributed by atoms with Gasteiger partial charge >= 0.3 is 6.03 Å². The summed E-state index contributed by atoms with van der Waals surface area (Å²) in [5.41, 5.74) is 7.30. The summed E-state index contributed by atoms with van der Waals surface area (Å²) in [6.45, 7) is 1.37. The average Bonchev–Trinajstić information content (AvgIpc) is 3.24. The Kier molecular flexibility index (Phi) is 4.80. The molecule has 28 heavy (non-hydrogen) atoms. The number of rotatable bonds is 5. The third-order valence-electron chi connectivity index (χ3n) is 5.30. The first-order chi connectivity index (χ1) is 13.5. The lowest BCUT2D eigenvalue weighted by Gasteiger charge is -2.29. The van der Waals surface area contributed by atoms with Crippen LogP contribution in [0.2, 0.25) is 0 Å². The highest BCUT2D eigenvalue weighted by molar-refractivity contribution is 6.04. The fourth-order valence-corrected chi connectivity index (χ4v) is 4.07. The van der Waals surface area contributed by atoms with E-state index in [1.807, 2.05) is 55.5 Å². The van der Waals surface area contributed by atoms with Gasteiger partial charge in [-0.2, -0.15) is 0 Å². The monoisotopic (exact) mass is 381 g/mol. The molecule has 1 radical (unpaired) electrons. The summed E-state index contributed by atoms with van der Waals surface area (Å²) in [6, 6.07) is 6.51. The van der Waals surface area contributed by atoms with Crippen LogP contribution in [-0.4, -0.2) is 64.0 Å². The van der Waals surface area contributed by atoms with Gasteiger partial charge in [0.2, 0.25) is 5.91 Å². The topological polar surface area (TPSA) is 87.7 Å². The minimum atomic E-state index is -0.670. The smallest absolute Gasteiger partial charge is 0.325 e. The summed E-state index contributed by atoms with van der Waals surface area (Å²) in [7, 11) is 3.99. The molecule has 0 bridgehead atoms. The summed E-state index contributed by atoms with van der Waals surface area (Å²) in [5.74, 6) is 0.447. The van der Waals surface area contributed by atoms with Crippen molar-refractivity contribution in [1.29, 1.82) is 0 Å². The SMILES string of the molecule is CN(C)Cc1nccn1-c1ccc(N2C(=O)N3CCC[CH][C@@H]3C2C(N)=O)cc1. The fourth-order valence-electron chi connectivity index (χ4n) is 4.07. The molecule has 1 unspecified atom stereocenters. The van der Waals surface area contributed by atoms with Crippen LogP contribution in [0.1, 0.15) is 18.7 Å². The molecule has 2 fully saturated rings. The number of nitrogens with two attached hydrogens (primary N) is 1. The number of aromatic nitrogens is 2. The molecule has 2 aliphatic heterocycles.